The summed E-state index contributed by atoms with van der Waals surface area (Å²) in [6.07, 6.45) is 1.47. The number of rotatable bonds is 1. The predicted octanol–water partition coefficient (Wildman–Crippen LogP) is 1.85. The van der Waals surface area contributed by atoms with Crippen molar-refractivity contribution in [3.05, 3.63) is 22.0 Å². The van der Waals surface area contributed by atoms with E-state index in [2.05, 4.69) is 5.10 Å². The molecule has 1 rings (SSSR count). The van der Waals surface area contributed by atoms with Gasteiger partial charge in [0, 0.05) is 0 Å². The van der Waals surface area contributed by atoms with Crippen LogP contribution in [0.25, 0.3) is 0 Å². The molecule has 1 aromatic heterocycles. The van der Waals surface area contributed by atoms with Gasteiger partial charge < -0.3 is 0 Å². The Bertz CT molecular complexity index is 336. The number of hydrogen-bond donors (Lipinski definition) is 0. The summed E-state index contributed by atoms with van der Waals surface area (Å²) in [6, 6.07) is 0. The molecule has 0 aliphatic carbocycles. The van der Waals surface area contributed by atoms with Crippen molar-refractivity contribution in [3.8, 4) is 0 Å². The molecule has 0 saturated heterocycles. The van der Waals surface area contributed by atoms with Crippen LogP contribution in [0.1, 0.15) is 26.5 Å². The molecule has 0 radical (unpaired) electrons. The second-order valence-corrected chi connectivity index (χ2v) is 3.97. The highest BCUT2D eigenvalue weighted by molar-refractivity contribution is 5.31. The fraction of sp³-hybridized carbons (Fsp3) is 0.625. The van der Waals surface area contributed by atoms with E-state index < -0.39 is 4.92 Å². The summed E-state index contributed by atoms with van der Waals surface area (Å²) < 4.78 is 1.61. The molecule has 0 N–H and O–H groups in total. The maximum atomic E-state index is 10.5. The molecule has 0 fully saturated rings. The zero-order valence-electron chi connectivity index (χ0n) is 8.24. The Morgan fingerprint density at radius 2 is 2.08 bits per heavy atom. The molecule has 0 saturated carbocycles. The van der Waals surface area contributed by atoms with E-state index >= 15 is 0 Å². The van der Waals surface area contributed by atoms with Crippen LogP contribution in [-0.4, -0.2) is 14.7 Å². The van der Waals surface area contributed by atoms with Gasteiger partial charge in [-0.3, -0.25) is 14.8 Å². The average molecular weight is 183 g/mol. The predicted molar refractivity (Wildman–Crippen MR) is 48.6 cm³/mol. The maximum absolute atomic E-state index is 10.5. The van der Waals surface area contributed by atoms with E-state index in [4.69, 9.17) is 0 Å². The highest BCUT2D eigenvalue weighted by Gasteiger charge is 2.21. The molecule has 5 nitrogen and oxygen atoms in total. The van der Waals surface area contributed by atoms with E-state index in [1.54, 1.807) is 11.6 Å². The van der Waals surface area contributed by atoms with E-state index in [9.17, 15) is 10.1 Å². The molecule has 1 aromatic rings. The van der Waals surface area contributed by atoms with Crippen molar-refractivity contribution in [2.45, 2.75) is 33.2 Å². The van der Waals surface area contributed by atoms with Gasteiger partial charge in [-0.1, -0.05) is 0 Å². The van der Waals surface area contributed by atoms with Crippen LogP contribution < -0.4 is 0 Å². The third-order valence-electron chi connectivity index (χ3n) is 1.76. The fourth-order valence-corrected chi connectivity index (χ4v) is 0.974. The number of aromatic nitrogens is 2. The summed E-state index contributed by atoms with van der Waals surface area (Å²) in [6.45, 7) is 7.48. The van der Waals surface area contributed by atoms with E-state index in [0.717, 1.165) is 0 Å². The molecule has 0 aliphatic rings. The Morgan fingerprint density at radius 1 is 1.54 bits per heavy atom. The van der Waals surface area contributed by atoms with E-state index in [1.165, 1.54) is 6.20 Å². The van der Waals surface area contributed by atoms with Crippen LogP contribution in [0.2, 0.25) is 0 Å². The first-order valence-electron chi connectivity index (χ1n) is 4.03. The summed E-state index contributed by atoms with van der Waals surface area (Å²) in [5.41, 5.74) is 0.328. The number of nitrogens with zero attached hydrogens (tertiary/aromatic N) is 3. The van der Waals surface area contributed by atoms with Gasteiger partial charge in [0.1, 0.15) is 11.9 Å². The molecule has 13 heavy (non-hydrogen) atoms. The first-order valence-corrected chi connectivity index (χ1v) is 4.03. The molecule has 1 heterocycles. The summed E-state index contributed by atoms with van der Waals surface area (Å²) in [5, 5.41) is 14.6. The first kappa shape index (κ1) is 9.70. The quantitative estimate of drug-likeness (QED) is 0.493. The summed E-state index contributed by atoms with van der Waals surface area (Å²) in [5.74, 6) is 0. The minimum Gasteiger partial charge on any atom is -0.260 e. The van der Waals surface area contributed by atoms with Crippen molar-refractivity contribution < 1.29 is 4.92 Å². The van der Waals surface area contributed by atoms with Gasteiger partial charge in [-0.15, -0.1) is 0 Å². The average Bonchev–Trinajstić information content (AvgIpc) is 2.29. The SMILES string of the molecule is Cc1nn(C(C)(C)C)cc1[N+](=O)[O-]. The lowest BCUT2D eigenvalue weighted by molar-refractivity contribution is -0.385. The number of aryl methyl sites for hydroxylation is 1. The zero-order chi connectivity index (χ0) is 10.2. The van der Waals surface area contributed by atoms with Gasteiger partial charge in [-0.05, 0) is 27.7 Å². The largest absolute Gasteiger partial charge is 0.309 e. The smallest absolute Gasteiger partial charge is 0.260 e. The Balaban J connectivity index is 3.17. The molecule has 72 valence electrons. The van der Waals surface area contributed by atoms with Crippen molar-refractivity contribution in [3.63, 3.8) is 0 Å². The Morgan fingerprint density at radius 3 is 2.31 bits per heavy atom. The summed E-state index contributed by atoms with van der Waals surface area (Å²) in [4.78, 5) is 10.1. The summed E-state index contributed by atoms with van der Waals surface area (Å²) in [7, 11) is 0. The zero-order valence-corrected chi connectivity index (χ0v) is 8.24. The molecular weight excluding hydrogens is 170 g/mol. The molecule has 0 bridgehead atoms. The fourth-order valence-electron chi connectivity index (χ4n) is 0.974. The number of hydrogen-bond acceptors (Lipinski definition) is 3. The van der Waals surface area contributed by atoms with Crippen molar-refractivity contribution >= 4 is 5.69 Å². The molecule has 0 atom stereocenters. The van der Waals surface area contributed by atoms with Crippen molar-refractivity contribution in [1.29, 1.82) is 0 Å². The molecule has 0 aliphatic heterocycles. The van der Waals surface area contributed by atoms with Gasteiger partial charge in [0.05, 0.1) is 10.5 Å². The van der Waals surface area contributed by atoms with Gasteiger partial charge in [0.2, 0.25) is 0 Å². The molecule has 0 spiro atoms. The Hall–Kier alpha value is -1.39. The Labute approximate surface area is 76.5 Å². The third-order valence-corrected chi connectivity index (χ3v) is 1.76. The maximum Gasteiger partial charge on any atom is 0.309 e. The van der Waals surface area contributed by atoms with Gasteiger partial charge in [-0.25, -0.2) is 0 Å². The third kappa shape index (κ3) is 1.85. The topological polar surface area (TPSA) is 61.0 Å². The highest BCUT2D eigenvalue weighted by atomic mass is 16.6. The second kappa shape index (κ2) is 2.83. The van der Waals surface area contributed by atoms with E-state index in [-0.39, 0.29) is 11.2 Å². The van der Waals surface area contributed by atoms with Crippen molar-refractivity contribution in [1.82, 2.24) is 9.78 Å². The van der Waals surface area contributed by atoms with Crippen LogP contribution in [0.4, 0.5) is 5.69 Å². The lowest BCUT2D eigenvalue weighted by atomic mass is 10.1. The van der Waals surface area contributed by atoms with Crippen LogP contribution in [0.3, 0.4) is 0 Å². The van der Waals surface area contributed by atoms with Crippen LogP contribution in [0.5, 0.6) is 0 Å². The van der Waals surface area contributed by atoms with Crippen molar-refractivity contribution in [2.24, 2.45) is 0 Å². The molecule has 0 unspecified atom stereocenters. The van der Waals surface area contributed by atoms with Gasteiger partial charge in [0.15, 0.2) is 0 Å². The monoisotopic (exact) mass is 183 g/mol. The van der Waals surface area contributed by atoms with E-state index in [1.807, 2.05) is 20.8 Å². The Kier molecular flexibility index (Phi) is 2.11. The molecule has 0 aromatic carbocycles. The molecule has 5 heteroatoms. The van der Waals surface area contributed by atoms with Gasteiger partial charge in [0.25, 0.3) is 0 Å². The van der Waals surface area contributed by atoms with Crippen molar-refractivity contribution in [2.75, 3.05) is 0 Å². The van der Waals surface area contributed by atoms with Gasteiger partial charge >= 0.3 is 5.69 Å². The van der Waals surface area contributed by atoms with Crippen LogP contribution in [0.15, 0.2) is 6.20 Å². The van der Waals surface area contributed by atoms with Crippen LogP contribution >= 0.6 is 0 Å². The van der Waals surface area contributed by atoms with Crippen LogP contribution in [-0.2, 0) is 5.54 Å². The van der Waals surface area contributed by atoms with E-state index in [0.29, 0.717) is 5.69 Å². The first-order chi connectivity index (χ1) is 5.82. The normalized spacial score (nSPS) is 11.7. The standard InChI is InChI=1S/C8H13N3O2/c1-6-7(11(12)13)5-10(9-6)8(2,3)4/h5H,1-4H3. The lowest BCUT2D eigenvalue weighted by Crippen LogP contribution is -2.22. The minimum absolute atomic E-state index is 0.0786. The van der Waals surface area contributed by atoms with Gasteiger partial charge in [-0.2, -0.15) is 5.10 Å². The lowest BCUT2D eigenvalue weighted by Gasteiger charge is -2.18. The van der Waals surface area contributed by atoms with Crippen LogP contribution in [0, 0.1) is 17.0 Å². The highest BCUT2D eigenvalue weighted by Crippen LogP contribution is 2.20. The second-order valence-electron chi connectivity index (χ2n) is 3.97. The summed E-state index contributed by atoms with van der Waals surface area (Å²) >= 11 is 0. The molecular formula is C8H13N3O2. The molecule has 0 amide bonds. The number of nitro groups is 1. The minimum atomic E-state index is -0.412.